The molecule has 2 aromatic rings. The fourth-order valence-corrected chi connectivity index (χ4v) is 4.84. The molecule has 1 N–H and O–H groups in total. The number of piperidine rings is 1. The Bertz CT molecular complexity index is 938. The van der Waals surface area contributed by atoms with Crippen molar-refractivity contribution in [3.05, 3.63) is 47.9 Å². The molecule has 9 heteroatoms. The number of likely N-dealkylation sites (tertiary alicyclic amines) is 1. The van der Waals surface area contributed by atoms with Crippen LogP contribution in [0, 0.1) is 11.7 Å². The Hall–Kier alpha value is -2.94. The Labute approximate surface area is 201 Å². The molecular formula is C25H35FN6O2. The number of urea groups is 1. The molecule has 3 heterocycles. The first kappa shape index (κ1) is 24.2. The van der Waals surface area contributed by atoms with E-state index in [1.807, 2.05) is 16.7 Å². The van der Waals surface area contributed by atoms with Crippen LogP contribution in [0.4, 0.5) is 15.1 Å². The second kappa shape index (κ2) is 11.5. The smallest absolute Gasteiger partial charge is 0.317 e. The lowest BCUT2D eigenvalue weighted by molar-refractivity contribution is 0.162. The Morgan fingerprint density at radius 2 is 1.94 bits per heavy atom. The predicted octanol–water partition coefficient (Wildman–Crippen LogP) is 3.15. The first-order valence-electron chi connectivity index (χ1n) is 12.2. The average molecular weight is 471 g/mol. The number of aromatic nitrogens is 2. The second-order valence-electron chi connectivity index (χ2n) is 9.24. The van der Waals surface area contributed by atoms with Gasteiger partial charge in [-0.15, -0.1) is 0 Å². The molecule has 0 saturated carbocycles. The molecule has 1 aromatic carbocycles. The first-order valence-corrected chi connectivity index (χ1v) is 12.2. The molecule has 184 valence electrons. The third-order valence-corrected chi connectivity index (χ3v) is 6.85. The molecule has 1 aromatic heterocycles. The summed E-state index contributed by atoms with van der Waals surface area (Å²) in [5.74, 6) is 0.430. The number of carbonyl (C=O) groups is 1. The highest BCUT2D eigenvalue weighted by molar-refractivity contribution is 5.74. The van der Waals surface area contributed by atoms with E-state index in [-0.39, 0.29) is 18.0 Å². The molecule has 0 bridgehead atoms. The number of nitrogens with one attached hydrogen (secondary N) is 1. The van der Waals surface area contributed by atoms with E-state index in [2.05, 4.69) is 50.5 Å². The van der Waals surface area contributed by atoms with Crippen molar-refractivity contribution in [3.63, 3.8) is 0 Å². The maximum Gasteiger partial charge on any atom is 0.317 e. The number of piperazine rings is 1. The molecule has 0 radical (unpaired) electrons. The Morgan fingerprint density at radius 3 is 2.65 bits per heavy atom. The largest absolute Gasteiger partial charge is 0.479 e. The zero-order valence-electron chi connectivity index (χ0n) is 20.1. The molecule has 2 amide bonds. The number of halogens is 1. The number of methoxy groups -OCH3 is 1. The van der Waals surface area contributed by atoms with E-state index < -0.39 is 5.82 Å². The van der Waals surface area contributed by atoms with Crippen LogP contribution in [0.15, 0.2) is 36.5 Å². The number of hydrogen-bond acceptors (Lipinski definition) is 6. The summed E-state index contributed by atoms with van der Waals surface area (Å²) >= 11 is 0. The van der Waals surface area contributed by atoms with Gasteiger partial charge in [0.2, 0.25) is 11.8 Å². The van der Waals surface area contributed by atoms with E-state index in [1.54, 1.807) is 0 Å². The number of benzene rings is 1. The number of ether oxygens (including phenoxy) is 1. The zero-order valence-corrected chi connectivity index (χ0v) is 20.1. The van der Waals surface area contributed by atoms with Crippen molar-refractivity contribution in [1.29, 1.82) is 0 Å². The van der Waals surface area contributed by atoms with Gasteiger partial charge in [-0.25, -0.2) is 9.78 Å². The molecule has 2 saturated heterocycles. The predicted molar refractivity (Wildman–Crippen MR) is 129 cm³/mol. The van der Waals surface area contributed by atoms with Gasteiger partial charge < -0.3 is 19.9 Å². The van der Waals surface area contributed by atoms with E-state index in [0.29, 0.717) is 38.0 Å². The second-order valence-corrected chi connectivity index (χ2v) is 9.24. The lowest BCUT2D eigenvalue weighted by Gasteiger charge is -2.39. The minimum Gasteiger partial charge on any atom is -0.479 e. The molecule has 34 heavy (non-hydrogen) atoms. The molecular weight excluding hydrogens is 435 g/mol. The molecule has 0 aliphatic carbocycles. The third-order valence-electron chi connectivity index (χ3n) is 6.85. The van der Waals surface area contributed by atoms with Crippen molar-refractivity contribution < 1.29 is 13.9 Å². The number of nitrogens with zero attached hydrogens (tertiary/aromatic N) is 5. The summed E-state index contributed by atoms with van der Waals surface area (Å²) < 4.78 is 18.6. The summed E-state index contributed by atoms with van der Waals surface area (Å²) in [6.07, 6.45) is 4.50. The lowest BCUT2D eigenvalue weighted by atomic mass is 9.93. The minimum absolute atomic E-state index is 0.00498. The Balaban J connectivity index is 1.17. The molecule has 2 aliphatic heterocycles. The summed E-state index contributed by atoms with van der Waals surface area (Å²) in [7, 11) is 1.38. The molecule has 0 spiro atoms. The molecule has 1 atom stereocenters. The van der Waals surface area contributed by atoms with Crippen molar-refractivity contribution in [1.82, 2.24) is 25.1 Å². The van der Waals surface area contributed by atoms with Crippen LogP contribution >= 0.6 is 0 Å². The molecule has 2 aliphatic rings. The van der Waals surface area contributed by atoms with Crippen molar-refractivity contribution >= 4 is 12.0 Å². The highest BCUT2D eigenvalue weighted by Gasteiger charge is 2.29. The summed E-state index contributed by atoms with van der Waals surface area (Å²) in [5.41, 5.74) is 1.37. The summed E-state index contributed by atoms with van der Waals surface area (Å²) in [4.78, 5) is 27.3. The van der Waals surface area contributed by atoms with Gasteiger partial charge in [-0.3, -0.25) is 4.90 Å². The van der Waals surface area contributed by atoms with E-state index in [4.69, 9.17) is 4.74 Å². The van der Waals surface area contributed by atoms with Crippen molar-refractivity contribution in [2.24, 2.45) is 5.92 Å². The van der Waals surface area contributed by atoms with E-state index in [1.165, 1.54) is 25.5 Å². The van der Waals surface area contributed by atoms with Gasteiger partial charge in [0.05, 0.1) is 13.3 Å². The van der Waals surface area contributed by atoms with E-state index in [9.17, 15) is 9.18 Å². The summed E-state index contributed by atoms with van der Waals surface area (Å²) in [6, 6.07) is 10.6. The van der Waals surface area contributed by atoms with Gasteiger partial charge >= 0.3 is 6.03 Å². The van der Waals surface area contributed by atoms with E-state index >= 15 is 0 Å². The van der Waals surface area contributed by atoms with Crippen LogP contribution in [0.3, 0.4) is 0 Å². The highest BCUT2D eigenvalue weighted by Crippen LogP contribution is 2.22. The Kier molecular flexibility index (Phi) is 8.16. The van der Waals surface area contributed by atoms with Crippen molar-refractivity contribution in [2.45, 2.75) is 38.8 Å². The number of amides is 2. The van der Waals surface area contributed by atoms with Crippen LogP contribution in [-0.2, 0) is 6.54 Å². The van der Waals surface area contributed by atoms with Crippen LogP contribution in [0.2, 0.25) is 0 Å². The molecule has 8 nitrogen and oxygen atoms in total. The molecule has 2 fully saturated rings. The van der Waals surface area contributed by atoms with Crippen molar-refractivity contribution in [2.75, 3.05) is 51.3 Å². The Morgan fingerprint density at radius 1 is 1.18 bits per heavy atom. The van der Waals surface area contributed by atoms with Crippen molar-refractivity contribution in [3.8, 4) is 5.88 Å². The number of rotatable bonds is 7. The average Bonchev–Trinajstić information content (AvgIpc) is 2.86. The van der Waals surface area contributed by atoms with Gasteiger partial charge in [-0.05, 0) is 50.8 Å². The van der Waals surface area contributed by atoms with Gasteiger partial charge in [-0.1, -0.05) is 30.3 Å². The SMILES string of the molecule is COc1nc(N2CCN(C(=O)NCCC3CCN(Cc4ccccc4)CC3)[C@H](C)C2)ncc1F. The fourth-order valence-electron chi connectivity index (χ4n) is 4.84. The molecule has 0 unspecified atom stereocenters. The maximum absolute atomic E-state index is 13.6. The third kappa shape index (κ3) is 6.14. The van der Waals surface area contributed by atoms with Crippen LogP contribution in [-0.4, -0.2) is 78.2 Å². The van der Waals surface area contributed by atoms with Crippen LogP contribution in [0.5, 0.6) is 5.88 Å². The van der Waals surface area contributed by atoms with Gasteiger partial charge in [0.1, 0.15) is 0 Å². The minimum atomic E-state index is -0.584. The molecule has 4 rings (SSSR count). The van der Waals surface area contributed by atoms with Gasteiger partial charge in [0.25, 0.3) is 5.88 Å². The van der Waals surface area contributed by atoms with E-state index in [0.717, 1.165) is 32.3 Å². The normalized spacial score (nSPS) is 19.8. The quantitative estimate of drug-likeness (QED) is 0.670. The van der Waals surface area contributed by atoms with Gasteiger partial charge in [0.15, 0.2) is 0 Å². The zero-order chi connectivity index (χ0) is 23.9. The summed E-state index contributed by atoms with van der Waals surface area (Å²) in [5, 5.41) is 3.12. The monoisotopic (exact) mass is 470 g/mol. The number of hydrogen-bond donors (Lipinski definition) is 1. The lowest BCUT2D eigenvalue weighted by Crippen LogP contribution is -2.57. The maximum atomic E-state index is 13.6. The summed E-state index contributed by atoms with van der Waals surface area (Å²) in [6.45, 7) is 7.69. The number of carbonyl (C=O) groups excluding carboxylic acids is 1. The standard InChI is InChI=1S/C25H35FN6O2/c1-19-17-31(24-28-16-22(26)23(29-24)34-2)14-15-32(19)25(33)27-11-8-20-9-12-30(13-10-20)18-21-6-4-3-5-7-21/h3-7,16,19-20H,8-15,17-18H2,1-2H3,(H,27,33)/t19-/m1/s1. The first-order chi connectivity index (χ1) is 16.5. The fraction of sp³-hybridized carbons (Fsp3) is 0.560. The van der Waals surface area contributed by atoms with Gasteiger partial charge in [0, 0.05) is 38.8 Å². The number of anilines is 1. The van der Waals surface area contributed by atoms with Crippen LogP contribution in [0.1, 0.15) is 31.7 Å². The van der Waals surface area contributed by atoms with Crippen LogP contribution < -0.4 is 15.0 Å². The highest BCUT2D eigenvalue weighted by atomic mass is 19.1. The van der Waals surface area contributed by atoms with Crippen LogP contribution in [0.25, 0.3) is 0 Å². The van der Waals surface area contributed by atoms with Gasteiger partial charge in [-0.2, -0.15) is 9.37 Å². The topological polar surface area (TPSA) is 73.8 Å².